The predicted molar refractivity (Wildman–Crippen MR) is 69.1 cm³/mol. The Bertz CT molecular complexity index is 383. The summed E-state index contributed by atoms with van der Waals surface area (Å²) in [6.45, 7) is 7.21. The molecule has 1 rings (SSSR count). The summed E-state index contributed by atoms with van der Waals surface area (Å²) in [4.78, 5) is 24.0. The zero-order valence-corrected chi connectivity index (χ0v) is 12.6. The Morgan fingerprint density at radius 2 is 1.95 bits per heavy atom. The van der Waals surface area contributed by atoms with E-state index in [9.17, 15) is 18.4 Å². The molecule has 1 fully saturated rings. The van der Waals surface area contributed by atoms with Crippen LogP contribution in [0.15, 0.2) is 0 Å². The summed E-state index contributed by atoms with van der Waals surface area (Å²) in [6, 6.07) is -1.62. The van der Waals surface area contributed by atoms with Crippen LogP contribution in [0.2, 0.25) is 0 Å². The first-order valence-corrected chi connectivity index (χ1v) is 6.72. The molecule has 0 aromatic rings. The van der Waals surface area contributed by atoms with Crippen LogP contribution in [-0.4, -0.2) is 60.9 Å². The fourth-order valence-electron chi connectivity index (χ4n) is 1.80. The minimum absolute atomic E-state index is 0.00955. The fraction of sp³-hybridized carbons (Fsp3) is 0.846. The van der Waals surface area contributed by atoms with Crippen LogP contribution in [0.5, 0.6) is 0 Å². The molecule has 8 heteroatoms. The van der Waals surface area contributed by atoms with E-state index in [4.69, 9.17) is 14.2 Å². The third-order valence-electron chi connectivity index (χ3n) is 2.67. The maximum atomic E-state index is 13.0. The summed E-state index contributed by atoms with van der Waals surface area (Å²) >= 11 is 0. The number of likely N-dealkylation sites (tertiary alicyclic amines) is 1. The van der Waals surface area contributed by atoms with E-state index in [0.29, 0.717) is 11.5 Å². The van der Waals surface area contributed by atoms with Crippen molar-refractivity contribution < 1.29 is 32.6 Å². The topological polar surface area (TPSA) is 65.1 Å². The number of ether oxygens (including phenoxy) is 3. The van der Waals surface area contributed by atoms with Crippen LogP contribution < -0.4 is 0 Å². The molecule has 0 bridgehead atoms. The third-order valence-corrected chi connectivity index (χ3v) is 2.67. The highest BCUT2D eigenvalue weighted by molar-refractivity contribution is 6.01. The molecule has 0 unspecified atom stereocenters. The highest BCUT2D eigenvalue weighted by atomic mass is 19.3. The highest BCUT2D eigenvalue weighted by Gasteiger charge is 2.57. The molecule has 1 saturated heterocycles. The van der Waals surface area contributed by atoms with Crippen molar-refractivity contribution >= 4 is 12.0 Å². The second-order valence-electron chi connectivity index (χ2n) is 5.50. The van der Waals surface area contributed by atoms with Gasteiger partial charge in [0.25, 0.3) is 12.3 Å². The maximum Gasteiger partial charge on any atom is 0.417 e. The van der Waals surface area contributed by atoms with Crippen LogP contribution in [0.3, 0.4) is 0 Å². The number of halogens is 2. The molecule has 21 heavy (non-hydrogen) atoms. The van der Waals surface area contributed by atoms with Gasteiger partial charge in [-0.15, -0.1) is 0 Å². The van der Waals surface area contributed by atoms with Gasteiger partial charge in [0, 0.05) is 6.61 Å². The van der Waals surface area contributed by atoms with Crippen molar-refractivity contribution in [3.8, 4) is 0 Å². The first-order chi connectivity index (χ1) is 9.69. The predicted octanol–water partition coefficient (Wildman–Crippen LogP) is 1.82. The number of imide groups is 1. The van der Waals surface area contributed by atoms with Crippen molar-refractivity contribution in [3.05, 3.63) is 0 Å². The van der Waals surface area contributed by atoms with Crippen molar-refractivity contribution in [3.63, 3.8) is 0 Å². The number of carbonyl (C=O) groups excluding carboxylic acids is 2. The van der Waals surface area contributed by atoms with Crippen LogP contribution >= 0.6 is 0 Å². The molecule has 0 aromatic carbocycles. The van der Waals surface area contributed by atoms with E-state index in [0.717, 1.165) is 0 Å². The van der Waals surface area contributed by atoms with E-state index in [2.05, 4.69) is 0 Å². The molecule has 1 heterocycles. The summed E-state index contributed by atoms with van der Waals surface area (Å²) in [7, 11) is 0. The van der Waals surface area contributed by atoms with Crippen LogP contribution in [0, 0.1) is 0 Å². The third kappa shape index (κ3) is 4.60. The molecule has 2 amide bonds. The fourth-order valence-corrected chi connectivity index (χ4v) is 1.80. The Morgan fingerprint density at radius 1 is 1.33 bits per heavy atom. The lowest BCUT2D eigenvalue weighted by Gasteiger charge is -2.44. The number of rotatable bonds is 6. The zero-order valence-electron chi connectivity index (χ0n) is 12.6. The summed E-state index contributed by atoms with van der Waals surface area (Å²) in [5.74, 6) is -0.814. The van der Waals surface area contributed by atoms with Crippen molar-refractivity contribution in [2.45, 2.75) is 51.9 Å². The molecule has 0 radical (unpaired) electrons. The smallest absolute Gasteiger partial charge is 0.417 e. The largest absolute Gasteiger partial charge is 0.443 e. The van der Waals surface area contributed by atoms with Gasteiger partial charge in [-0.2, -0.15) is 0 Å². The Kier molecular flexibility index (Phi) is 6.03. The monoisotopic (exact) mass is 309 g/mol. The van der Waals surface area contributed by atoms with Crippen molar-refractivity contribution in [2.24, 2.45) is 0 Å². The summed E-state index contributed by atoms with van der Waals surface area (Å²) in [5, 5.41) is 0. The molecular formula is C13H21F2NO5. The Balaban J connectivity index is 2.62. The Labute approximate surface area is 122 Å². The van der Waals surface area contributed by atoms with Gasteiger partial charge in [-0.05, 0) is 27.7 Å². The lowest BCUT2D eigenvalue weighted by Crippen LogP contribution is -2.70. The molecule has 2 atom stereocenters. The lowest BCUT2D eigenvalue weighted by molar-refractivity contribution is -0.185. The first kappa shape index (κ1) is 17.8. The van der Waals surface area contributed by atoms with Gasteiger partial charge >= 0.3 is 6.09 Å². The standard InChI is InChI=1S/C13H21F2NO5/c1-5-19-6-7-20-9-8(10(14)15)16(11(9)17)12(18)21-13(2,3)4/h8-10H,5-7H2,1-4H3/t8-,9-/m1/s1. The number of β-lactam (4-membered cyclic amide) rings is 1. The summed E-state index contributed by atoms with van der Waals surface area (Å²) in [6.07, 6.45) is -5.31. The molecule has 6 nitrogen and oxygen atoms in total. The van der Waals surface area contributed by atoms with Crippen molar-refractivity contribution in [2.75, 3.05) is 19.8 Å². The van der Waals surface area contributed by atoms with Crippen molar-refractivity contribution in [1.29, 1.82) is 0 Å². The number of hydrogen-bond acceptors (Lipinski definition) is 5. The Hall–Kier alpha value is -1.28. The van der Waals surface area contributed by atoms with Gasteiger partial charge in [0.05, 0.1) is 13.2 Å². The minimum Gasteiger partial charge on any atom is -0.443 e. The molecule has 0 saturated carbocycles. The van der Waals surface area contributed by atoms with Gasteiger partial charge in [0.2, 0.25) is 0 Å². The molecule has 1 aliphatic rings. The number of hydrogen-bond donors (Lipinski definition) is 0. The number of alkyl halides is 2. The van der Waals surface area contributed by atoms with E-state index in [1.165, 1.54) is 0 Å². The zero-order chi connectivity index (χ0) is 16.2. The van der Waals surface area contributed by atoms with E-state index in [1.54, 1.807) is 27.7 Å². The summed E-state index contributed by atoms with van der Waals surface area (Å²) in [5.41, 5.74) is -0.870. The van der Waals surface area contributed by atoms with Gasteiger partial charge < -0.3 is 14.2 Å². The maximum absolute atomic E-state index is 13.0. The van der Waals surface area contributed by atoms with Gasteiger partial charge in [-0.1, -0.05) is 0 Å². The molecule has 1 aliphatic heterocycles. The second-order valence-corrected chi connectivity index (χ2v) is 5.50. The Morgan fingerprint density at radius 3 is 2.43 bits per heavy atom. The van der Waals surface area contributed by atoms with E-state index < -0.39 is 36.2 Å². The molecule has 0 N–H and O–H groups in total. The van der Waals surface area contributed by atoms with Crippen molar-refractivity contribution in [1.82, 2.24) is 4.90 Å². The lowest BCUT2D eigenvalue weighted by atomic mass is 9.99. The highest BCUT2D eigenvalue weighted by Crippen LogP contribution is 2.30. The normalized spacial score (nSPS) is 22.4. The van der Waals surface area contributed by atoms with Crippen LogP contribution in [0.1, 0.15) is 27.7 Å². The average Bonchev–Trinajstić information content (AvgIpc) is 2.32. The number of amides is 2. The summed E-state index contributed by atoms with van der Waals surface area (Å²) < 4.78 is 41.0. The molecule has 0 spiro atoms. The molecule has 0 aromatic heterocycles. The SMILES string of the molecule is CCOCCO[C@H]1C(=O)N(C(=O)OC(C)(C)C)[C@H]1C(F)F. The average molecular weight is 309 g/mol. The van der Waals surface area contributed by atoms with Gasteiger partial charge in [-0.25, -0.2) is 18.5 Å². The van der Waals surface area contributed by atoms with Crippen LogP contribution in [-0.2, 0) is 19.0 Å². The van der Waals surface area contributed by atoms with Crippen LogP contribution in [0.4, 0.5) is 13.6 Å². The number of carbonyl (C=O) groups is 2. The van der Waals surface area contributed by atoms with E-state index in [1.807, 2.05) is 0 Å². The number of nitrogens with zero attached hydrogens (tertiary/aromatic N) is 1. The second kappa shape index (κ2) is 7.13. The van der Waals surface area contributed by atoms with Gasteiger partial charge in [-0.3, -0.25) is 4.79 Å². The minimum atomic E-state index is -2.90. The van der Waals surface area contributed by atoms with Gasteiger partial charge in [0.15, 0.2) is 6.10 Å². The van der Waals surface area contributed by atoms with E-state index >= 15 is 0 Å². The first-order valence-electron chi connectivity index (χ1n) is 6.72. The quantitative estimate of drug-likeness (QED) is 0.553. The van der Waals surface area contributed by atoms with E-state index in [-0.39, 0.29) is 13.2 Å². The van der Waals surface area contributed by atoms with Gasteiger partial charge in [0.1, 0.15) is 11.6 Å². The molecule has 0 aliphatic carbocycles. The van der Waals surface area contributed by atoms with Crippen LogP contribution in [0.25, 0.3) is 0 Å². The molecular weight excluding hydrogens is 288 g/mol. The molecule has 122 valence electrons.